The second-order valence-electron chi connectivity index (χ2n) is 4.82. The second kappa shape index (κ2) is 14.1. The second-order valence-corrected chi connectivity index (χ2v) is 4.82. The van der Waals surface area contributed by atoms with Crippen molar-refractivity contribution in [2.45, 2.75) is 26.9 Å². The Morgan fingerprint density at radius 2 is 1.10 bits per heavy atom. The van der Waals surface area contributed by atoms with Crippen LogP contribution in [-0.2, 0) is 35.5 Å². The summed E-state index contributed by atoms with van der Waals surface area (Å²) in [5.74, 6) is 0.912. The molecule has 2 aromatic heterocycles. The molecule has 17 heteroatoms. The third-order valence-electron chi connectivity index (χ3n) is 3.09. The fraction of sp³-hybridized carbons (Fsp3) is 0.500. The summed E-state index contributed by atoms with van der Waals surface area (Å²) in [5, 5.41) is 52.7. The first kappa shape index (κ1) is 28.3. The molecule has 0 aliphatic carbocycles. The smallest absolute Gasteiger partial charge is 0.392 e. The van der Waals surface area contributed by atoms with Crippen LogP contribution in [0.15, 0.2) is 12.4 Å². The number of nitro groups is 2. The maximum absolute atomic E-state index is 10.4. The van der Waals surface area contributed by atoms with Gasteiger partial charge in [0.15, 0.2) is 11.6 Å². The summed E-state index contributed by atoms with van der Waals surface area (Å²) in [7, 11) is 0. The van der Waals surface area contributed by atoms with E-state index < -0.39 is 14.9 Å². The minimum atomic E-state index is -1.75. The van der Waals surface area contributed by atoms with Crippen molar-refractivity contribution in [3.8, 4) is 0 Å². The van der Waals surface area contributed by atoms with Gasteiger partial charge >= 0.3 is 34.0 Å². The van der Waals surface area contributed by atoms with Crippen molar-refractivity contribution in [2.75, 3.05) is 13.2 Å². The number of hydrogen-bond donors (Lipinski definition) is 2. The fourth-order valence-electron chi connectivity index (χ4n) is 1.96. The molecule has 0 aliphatic heterocycles. The van der Waals surface area contributed by atoms with Crippen molar-refractivity contribution in [2.24, 2.45) is 0 Å². The molecule has 0 amide bonds. The van der Waals surface area contributed by atoms with Gasteiger partial charge in [-0.2, -0.15) is 0 Å². The molecule has 0 fully saturated rings. The van der Waals surface area contributed by atoms with Gasteiger partial charge in [0.05, 0.1) is 18.3 Å². The van der Waals surface area contributed by atoms with Crippen LogP contribution in [0.4, 0.5) is 11.6 Å². The normalized spacial score (nSPS) is 9.24. The summed E-state index contributed by atoms with van der Waals surface area (Å²) in [5.41, 5.74) is 0. The molecule has 0 spiro atoms. The molecule has 0 bridgehead atoms. The van der Waals surface area contributed by atoms with Crippen LogP contribution in [0.25, 0.3) is 0 Å². The first-order valence-electron chi connectivity index (χ1n) is 7.43. The van der Waals surface area contributed by atoms with Crippen LogP contribution >= 0.6 is 0 Å². The maximum Gasteiger partial charge on any atom is 1.00 e. The van der Waals surface area contributed by atoms with Gasteiger partial charge in [0, 0.05) is 13.8 Å². The predicted octanol–water partition coefficient (Wildman–Crippen LogP) is -0.0576. The average molecular weight is 512 g/mol. The van der Waals surface area contributed by atoms with E-state index in [9.17, 15) is 20.2 Å². The molecule has 16 nitrogen and oxygen atoms in total. The van der Waals surface area contributed by atoms with Crippen molar-refractivity contribution >= 4 is 11.6 Å². The van der Waals surface area contributed by atoms with Gasteiger partial charge in [-0.25, -0.2) is 19.1 Å². The maximum atomic E-state index is 10.4. The molecule has 2 aromatic rings. The largest absolute Gasteiger partial charge is 1.00 e. The third-order valence-corrected chi connectivity index (χ3v) is 3.09. The summed E-state index contributed by atoms with van der Waals surface area (Å²) in [6, 6.07) is 0. The monoisotopic (exact) mass is 511 g/mol. The Hall–Kier alpha value is -2.92. The Morgan fingerprint density at radius 1 is 0.828 bits per heavy atom. The average Bonchev–Trinajstić information content (AvgIpc) is 3.13. The van der Waals surface area contributed by atoms with Gasteiger partial charge in [0.25, 0.3) is 0 Å². The van der Waals surface area contributed by atoms with Crippen LogP contribution in [0.2, 0.25) is 0 Å². The topological polar surface area (TPSA) is 229 Å². The van der Waals surface area contributed by atoms with Gasteiger partial charge in [-0.15, -0.1) is 0 Å². The zero-order valence-electron chi connectivity index (χ0n) is 15.2. The van der Waals surface area contributed by atoms with E-state index in [0.29, 0.717) is 11.6 Å². The van der Waals surface area contributed by atoms with Crippen molar-refractivity contribution in [3.63, 3.8) is 0 Å². The van der Waals surface area contributed by atoms with Crippen molar-refractivity contribution < 1.29 is 47.5 Å². The molecule has 2 rings (SSSR count). The quantitative estimate of drug-likeness (QED) is 0.296. The molecular weight excluding hydrogens is 494 g/mol. The number of rotatable bonds is 6. The van der Waals surface area contributed by atoms with E-state index >= 15 is 0 Å². The standard InChI is InChI=1S/2C6H9N3O3.Ag.NO3/c2*1-5-7-4-6(9(11)12)8(5)2-3-10;;2-1(3)4/h2*4,10H,2-3H2,1H3;;/q;;+1;-1. The number of aliphatic hydroxyl groups is 2. The first-order chi connectivity index (χ1) is 13.1. The predicted molar refractivity (Wildman–Crippen MR) is 91.8 cm³/mol. The molecule has 2 heterocycles. The summed E-state index contributed by atoms with van der Waals surface area (Å²) in [4.78, 5) is 35.5. The Bertz CT molecular complexity index is 743. The van der Waals surface area contributed by atoms with E-state index in [2.05, 4.69) is 9.97 Å². The Kier molecular flexibility index (Phi) is 13.8. The number of aryl methyl sites for hydroxylation is 2. The fourth-order valence-corrected chi connectivity index (χ4v) is 1.96. The number of aliphatic hydroxyl groups excluding tert-OH is 2. The summed E-state index contributed by atoms with van der Waals surface area (Å²) in [6.07, 6.45) is 2.37. The molecule has 0 radical (unpaired) electrons. The van der Waals surface area contributed by atoms with Gasteiger partial charge < -0.3 is 45.8 Å². The van der Waals surface area contributed by atoms with Gasteiger partial charge in [0.1, 0.15) is 25.5 Å². The van der Waals surface area contributed by atoms with Crippen LogP contribution in [-0.4, -0.2) is 57.5 Å². The van der Waals surface area contributed by atoms with Crippen LogP contribution in [0.5, 0.6) is 0 Å². The minimum Gasteiger partial charge on any atom is -0.392 e. The Balaban J connectivity index is 0. The van der Waals surface area contributed by atoms with E-state index in [4.69, 9.17) is 25.5 Å². The molecule has 0 unspecified atom stereocenters. The number of hydrogen-bond acceptors (Lipinski definition) is 11. The SMILES string of the molecule is Cc1ncc([N+](=O)[O-])n1CCO.Cc1ncc([N+](=O)[O-])n1CCO.O=[N+]([O-])[O-].[Ag+]. The summed E-state index contributed by atoms with van der Waals surface area (Å²) < 4.78 is 2.72. The molecule has 166 valence electrons. The van der Waals surface area contributed by atoms with E-state index in [1.54, 1.807) is 13.8 Å². The van der Waals surface area contributed by atoms with Crippen LogP contribution < -0.4 is 0 Å². The van der Waals surface area contributed by atoms with E-state index in [1.807, 2.05) is 0 Å². The first-order valence-corrected chi connectivity index (χ1v) is 7.43. The van der Waals surface area contributed by atoms with Gasteiger partial charge in [-0.3, -0.25) is 0 Å². The minimum absolute atomic E-state index is 0. The molecule has 0 saturated carbocycles. The molecule has 2 N–H and O–H groups in total. The molecule has 0 aliphatic rings. The van der Waals surface area contributed by atoms with Crippen LogP contribution in [0.3, 0.4) is 0 Å². The molecule has 0 saturated heterocycles. The number of imidazole rings is 2. The summed E-state index contributed by atoms with van der Waals surface area (Å²) in [6.45, 7) is 3.48. The van der Waals surface area contributed by atoms with E-state index in [0.717, 1.165) is 0 Å². The van der Waals surface area contributed by atoms with E-state index in [1.165, 1.54) is 21.5 Å². The molecule has 29 heavy (non-hydrogen) atoms. The zero-order valence-corrected chi connectivity index (χ0v) is 16.6. The number of nitrogens with zero attached hydrogens (tertiary/aromatic N) is 7. The van der Waals surface area contributed by atoms with Crippen molar-refractivity contribution in [1.82, 2.24) is 19.1 Å². The van der Waals surface area contributed by atoms with Crippen LogP contribution in [0, 0.1) is 49.4 Å². The van der Waals surface area contributed by atoms with Crippen molar-refractivity contribution in [1.29, 1.82) is 0 Å². The van der Waals surface area contributed by atoms with Gasteiger partial charge in [0.2, 0.25) is 0 Å². The van der Waals surface area contributed by atoms with Crippen molar-refractivity contribution in [3.05, 3.63) is 59.6 Å². The van der Waals surface area contributed by atoms with Gasteiger partial charge in [-0.05, 0) is 9.85 Å². The Morgan fingerprint density at radius 3 is 1.31 bits per heavy atom. The third kappa shape index (κ3) is 9.72. The molecule has 0 atom stereocenters. The molecular formula is C12H18AgN7O9. The van der Waals surface area contributed by atoms with Gasteiger partial charge in [-0.1, -0.05) is 0 Å². The van der Waals surface area contributed by atoms with E-state index in [-0.39, 0.29) is 60.3 Å². The summed E-state index contributed by atoms with van der Waals surface area (Å²) >= 11 is 0. The Labute approximate surface area is 178 Å². The molecule has 0 aromatic carbocycles. The zero-order chi connectivity index (χ0) is 21.9. The van der Waals surface area contributed by atoms with Crippen LogP contribution in [0.1, 0.15) is 11.6 Å². The number of aromatic nitrogens is 4.